The fourth-order valence-electron chi connectivity index (χ4n) is 3.73. The summed E-state index contributed by atoms with van der Waals surface area (Å²) in [5.41, 5.74) is 0.369. The van der Waals surface area contributed by atoms with Crippen LogP contribution in [0.2, 0.25) is 0 Å². The van der Waals surface area contributed by atoms with Crippen LogP contribution in [-0.4, -0.2) is 66.8 Å². The summed E-state index contributed by atoms with van der Waals surface area (Å²) >= 11 is 0. The number of nitrogens with zero attached hydrogens (tertiary/aromatic N) is 3. The van der Waals surface area contributed by atoms with E-state index in [2.05, 4.69) is 0 Å². The molecular formula is C18H24FN3O2. The molecule has 1 atom stereocenters. The Morgan fingerprint density at radius 1 is 1.29 bits per heavy atom. The SMILES string of the molecule is CN(C)CC(=O)N1CCC2(CCN(Cc3cccc(F)c3)C2=O)C1. The predicted molar refractivity (Wildman–Crippen MR) is 88.6 cm³/mol. The molecule has 0 saturated carbocycles. The van der Waals surface area contributed by atoms with Crippen molar-refractivity contribution in [3.8, 4) is 0 Å². The van der Waals surface area contributed by atoms with Crippen LogP contribution in [0, 0.1) is 11.2 Å². The number of amides is 2. The van der Waals surface area contributed by atoms with Gasteiger partial charge in [-0.2, -0.15) is 0 Å². The zero-order valence-corrected chi connectivity index (χ0v) is 14.3. The van der Waals surface area contributed by atoms with Gasteiger partial charge in [-0.15, -0.1) is 0 Å². The first-order valence-corrected chi connectivity index (χ1v) is 8.36. The molecule has 1 aromatic rings. The van der Waals surface area contributed by atoms with Gasteiger partial charge in [0.15, 0.2) is 0 Å². The van der Waals surface area contributed by atoms with E-state index in [-0.39, 0.29) is 17.6 Å². The fraction of sp³-hybridized carbons (Fsp3) is 0.556. The quantitative estimate of drug-likeness (QED) is 0.835. The summed E-state index contributed by atoms with van der Waals surface area (Å²) in [6, 6.07) is 6.38. The standard InChI is InChI=1S/C18H24FN3O2/c1-20(2)12-16(23)22-9-7-18(13-22)6-8-21(17(18)24)11-14-4-3-5-15(19)10-14/h3-5,10H,6-9,11-13H2,1-2H3. The highest BCUT2D eigenvalue weighted by atomic mass is 19.1. The van der Waals surface area contributed by atoms with Gasteiger partial charge in [-0.1, -0.05) is 12.1 Å². The second-order valence-electron chi connectivity index (χ2n) is 7.19. The molecule has 2 aliphatic rings. The van der Waals surface area contributed by atoms with E-state index >= 15 is 0 Å². The number of likely N-dealkylation sites (N-methyl/N-ethyl adjacent to an activating group) is 1. The molecule has 0 radical (unpaired) electrons. The topological polar surface area (TPSA) is 43.9 Å². The Hall–Kier alpha value is -1.95. The van der Waals surface area contributed by atoms with Crippen molar-refractivity contribution in [3.05, 3.63) is 35.6 Å². The molecule has 3 rings (SSSR count). The number of carbonyl (C=O) groups excluding carboxylic acids is 2. The van der Waals surface area contributed by atoms with E-state index in [0.717, 1.165) is 18.4 Å². The van der Waals surface area contributed by atoms with Crippen LogP contribution in [0.4, 0.5) is 4.39 Å². The lowest BCUT2D eigenvalue weighted by Gasteiger charge is -2.24. The lowest BCUT2D eigenvalue weighted by Crippen LogP contribution is -2.40. The minimum absolute atomic E-state index is 0.0771. The Morgan fingerprint density at radius 2 is 2.04 bits per heavy atom. The highest BCUT2D eigenvalue weighted by Gasteiger charge is 2.51. The van der Waals surface area contributed by atoms with Gasteiger partial charge in [0, 0.05) is 26.2 Å². The third kappa shape index (κ3) is 3.29. The van der Waals surface area contributed by atoms with Gasteiger partial charge in [0.05, 0.1) is 12.0 Å². The maximum Gasteiger partial charge on any atom is 0.236 e. The van der Waals surface area contributed by atoms with E-state index in [9.17, 15) is 14.0 Å². The van der Waals surface area contributed by atoms with Crippen LogP contribution in [0.15, 0.2) is 24.3 Å². The molecule has 2 fully saturated rings. The number of likely N-dealkylation sites (tertiary alicyclic amines) is 2. The van der Waals surface area contributed by atoms with Crippen LogP contribution in [-0.2, 0) is 16.1 Å². The van der Waals surface area contributed by atoms with Gasteiger partial charge in [0.25, 0.3) is 0 Å². The van der Waals surface area contributed by atoms with Crippen LogP contribution in [0.3, 0.4) is 0 Å². The second-order valence-corrected chi connectivity index (χ2v) is 7.19. The lowest BCUT2D eigenvalue weighted by molar-refractivity contribution is -0.137. The van der Waals surface area contributed by atoms with Gasteiger partial charge < -0.3 is 14.7 Å². The number of rotatable bonds is 4. The molecule has 1 unspecified atom stereocenters. The molecule has 2 aliphatic heterocycles. The van der Waals surface area contributed by atoms with Crippen LogP contribution in [0.5, 0.6) is 0 Å². The summed E-state index contributed by atoms with van der Waals surface area (Å²) in [6.07, 6.45) is 1.50. The Labute approximate surface area is 142 Å². The predicted octanol–water partition coefficient (Wildman–Crippen LogP) is 1.34. The van der Waals surface area contributed by atoms with Gasteiger partial charge in [0.2, 0.25) is 11.8 Å². The van der Waals surface area contributed by atoms with Gasteiger partial charge in [-0.05, 0) is 44.6 Å². The largest absolute Gasteiger partial charge is 0.340 e. The normalized spacial score (nSPS) is 23.8. The number of carbonyl (C=O) groups is 2. The lowest BCUT2D eigenvalue weighted by atomic mass is 9.85. The number of benzene rings is 1. The number of halogens is 1. The molecule has 0 N–H and O–H groups in total. The fourth-order valence-corrected chi connectivity index (χ4v) is 3.73. The van der Waals surface area contributed by atoms with E-state index in [1.165, 1.54) is 12.1 Å². The van der Waals surface area contributed by atoms with Gasteiger partial charge >= 0.3 is 0 Å². The van der Waals surface area contributed by atoms with Gasteiger partial charge in [0.1, 0.15) is 5.82 Å². The third-order valence-electron chi connectivity index (χ3n) is 5.02. The van der Waals surface area contributed by atoms with E-state index in [4.69, 9.17) is 0 Å². The molecule has 0 bridgehead atoms. The second kappa shape index (κ2) is 6.51. The highest BCUT2D eigenvalue weighted by Crippen LogP contribution is 2.41. The minimum atomic E-state index is -0.435. The smallest absolute Gasteiger partial charge is 0.236 e. The Morgan fingerprint density at radius 3 is 2.75 bits per heavy atom. The number of hydrogen-bond donors (Lipinski definition) is 0. The molecule has 2 heterocycles. The van der Waals surface area contributed by atoms with Crippen LogP contribution in [0.25, 0.3) is 0 Å². The maximum atomic E-state index is 13.3. The van der Waals surface area contributed by atoms with Crippen molar-refractivity contribution < 1.29 is 14.0 Å². The molecular weight excluding hydrogens is 309 g/mol. The van der Waals surface area contributed by atoms with Crippen molar-refractivity contribution in [2.75, 3.05) is 40.3 Å². The van der Waals surface area contributed by atoms with E-state index in [0.29, 0.717) is 32.7 Å². The summed E-state index contributed by atoms with van der Waals surface area (Å²) < 4.78 is 13.3. The van der Waals surface area contributed by atoms with Crippen LogP contribution in [0.1, 0.15) is 18.4 Å². The van der Waals surface area contributed by atoms with Crippen molar-refractivity contribution in [2.24, 2.45) is 5.41 Å². The molecule has 1 aromatic carbocycles. The molecule has 0 aliphatic carbocycles. The van der Waals surface area contributed by atoms with E-state index in [1.54, 1.807) is 11.0 Å². The molecule has 0 aromatic heterocycles. The van der Waals surface area contributed by atoms with Crippen molar-refractivity contribution in [1.82, 2.24) is 14.7 Å². The van der Waals surface area contributed by atoms with E-state index in [1.807, 2.05) is 30.0 Å². The summed E-state index contributed by atoms with van der Waals surface area (Å²) in [7, 11) is 3.73. The zero-order chi connectivity index (χ0) is 17.3. The zero-order valence-electron chi connectivity index (χ0n) is 14.3. The maximum absolute atomic E-state index is 13.3. The molecule has 130 valence electrons. The van der Waals surface area contributed by atoms with Crippen molar-refractivity contribution >= 4 is 11.8 Å². The van der Waals surface area contributed by atoms with Gasteiger partial charge in [-0.3, -0.25) is 9.59 Å². The molecule has 6 heteroatoms. The molecule has 1 spiro atoms. The van der Waals surface area contributed by atoms with Crippen molar-refractivity contribution in [3.63, 3.8) is 0 Å². The van der Waals surface area contributed by atoms with Crippen molar-refractivity contribution in [2.45, 2.75) is 19.4 Å². The first kappa shape index (κ1) is 16.9. The molecule has 2 saturated heterocycles. The Kier molecular flexibility index (Phi) is 4.58. The van der Waals surface area contributed by atoms with E-state index < -0.39 is 5.41 Å². The minimum Gasteiger partial charge on any atom is -0.340 e. The monoisotopic (exact) mass is 333 g/mol. The molecule has 2 amide bonds. The first-order chi connectivity index (χ1) is 11.4. The molecule has 5 nitrogen and oxygen atoms in total. The summed E-state index contributed by atoms with van der Waals surface area (Å²) in [6.45, 7) is 2.64. The third-order valence-corrected chi connectivity index (χ3v) is 5.02. The Bertz CT molecular complexity index is 649. The summed E-state index contributed by atoms with van der Waals surface area (Å²) in [5.74, 6) is -0.102. The summed E-state index contributed by atoms with van der Waals surface area (Å²) in [4.78, 5) is 30.6. The Balaban J connectivity index is 1.65. The van der Waals surface area contributed by atoms with Gasteiger partial charge in [-0.25, -0.2) is 4.39 Å². The average molecular weight is 333 g/mol. The van der Waals surface area contributed by atoms with Crippen LogP contribution >= 0.6 is 0 Å². The first-order valence-electron chi connectivity index (χ1n) is 8.36. The average Bonchev–Trinajstić information content (AvgIpc) is 3.07. The molecule has 24 heavy (non-hydrogen) atoms. The van der Waals surface area contributed by atoms with Crippen LogP contribution < -0.4 is 0 Å². The highest BCUT2D eigenvalue weighted by molar-refractivity contribution is 5.87. The number of hydrogen-bond acceptors (Lipinski definition) is 3. The summed E-state index contributed by atoms with van der Waals surface area (Å²) in [5, 5.41) is 0. The van der Waals surface area contributed by atoms with Crippen molar-refractivity contribution in [1.29, 1.82) is 0 Å².